The quantitative estimate of drug-likeness (QED) is 0.715. The second-order valence-corrected chi connectivity index (χ2v) is 5.93. The van der Waals surface area contributed by atoms with Crippen LogP contribution in [0.4, 0.5) is 5.69 Å². The first-order valence-electron chi connectivity index (χ1n) is 5.40. The van der Waals surface area contributed by atoms with E-state index in [4.69, 9.17) is 0 Å². The van der Waals surface area contributed by atoms with E-state index < -0.39 is 0 Å². The third-order valence-electron chi connectivity index (χ3n) is 2.58. The highest BCUT2D eigenvalue weighted by atomic mass is 127. The molecule has 0 unspecified atom stereocenters. The third-order valence-corrected chi connectivity index (χ3v) is 4.41. The van der Waals surface area contributed by atoms with Crippen LogP contribution in [0.25, 0.3) is 0 Å². The van der Waals surface area contributed by atoms with Gasteiger partial charge in [-0.1, -0.05) is 40.2 Å². The van der Waals surface area contributed by atoms with E-state index in [1.165, 1.54) is 20.4 Å². The van der Waals surface area contributed by atoms with Gasteiger partial charge in [-0.3, -0.25) is 0 Å². The highest BCUT2D eigenvalue weighted by molar-refractivity contribution is 14.1. The average molecular weight is 402 g/mol. The van der Waals surface area contributed by atoms with Crippen LogP contribution in [0.1, 0.15) is 11.1 Å². The van der Waals surface area contributed by atoms with Crippen LogP contribution in [0, 0.1) is 10.5 Å². The molecule has 0 aliphatic rings. The summed E-state index contributed by atoms with van der Waals surface area (Å²) >= 11 is 5.86. The summed E-state index contributed by atoms with van der Waals surface area (Å²) in [5.74, 6) is 0. The lowest BCUT2D eigenvalue weighted by molar-refractivity contribution is 1.13. The smallest absolute Gasteiger partial charge is 0.0478 e. The molecule has 1 N–H and O–H groups in total. The molecular formula is C14H13BrIN. The van der Waals surface area contributed by atoms with Crippen LogP contribution in [-0.4, -0.2) is 0 Å². The number of aryl methyl sites for hydroxylation is 1. The summed E-state index contributed by atoms with van der Waals surface area (Å²) < 4.78 is 2.41. The first-order valence-corrected chi connectivity index (χ1v) is 7.27. The van der Waals surface area contributed by atoms with Gasteiger partial charge in [-0.2, -0.15) is 0 Å². The molecule has 88 valence electrons. The summed E-state index contributed by atoms with van der Waals surface area (Å²) in [5.41, 5.74) is 3.76. The molecule has 0 atom stereocenters. The molecule has 2 aromatic carbocycles. The molecule has 2 rings (SSSR count). The maximum absolute atomic E-state index is 3.52. The fourth-order valence-corrected chi connectivity index (χ4v) is 2.44. The number of rotatable bonds is 3. The molecule has 0 spiro atoms. The largest absolute Gasteiger partial charge is 0.380 e. The van der Waals surface area contributed by atoms with E-state index in [0.29, 0.717) is 0 Å². The molecule has 0 bridgehead atoms. The molecule has 0 aromatic heterocycles. The summed E-state index contributed by atoms with van der Waals surface area (Å²) in [6, 6.07) is 14.8. The molecular weight excluding hydrogens is 389 g/mol. The lowest BCUT2D eigenvalue weighted by atomic mass is 10.1. The van der Waals surface area contributed by atoms with Crippen molar-refractivity contribution in [2.75, 3.05) is 5.32 Å². The van der Waals surface area contributed by atoms with Gasteiger partial charge in [0.1, 0.15) is 0 Å². The van der Waals surface area contributed by atoms with Crippen molar-refractivity contribution in [3.63, 3.8) is 0 Å². The summed E-state index contributed by atoms with van der Waals surface area (Å²) in [6.07, 6.45) is 0. The van der Waals surface area contributed by atoms with Crippen molar-refractivity contribution in [2.45, 2.75) is 13.5 Å². The zero-order valence-electron chi connectivity index (χ0n) is 9.50. The van der Waals surface area contributed by atoms with Crippen molar-refractivity contribution in [2.24, 2.45) is 0 Å². The van der Waals surface area contributed by atoms with Crippen molar-refractivity contribution < 1.29 is 0 Å². The molecule has 0 amide bonds. The van der Waals surface area contributed by atoms with Gasteiger partial charge in [0.25, 0.3) is 0 Å². The van der Waals surface area contributed by atoms with Gasteiger partial charge in [0, 0.05) is 20.3 Å². The minimum absolute atomic E-state index is 0.855. The Bertz CT molecular complexity index is 525. The number of hydrogen-bond acceptors (Lipinski definition) is 1. The summed E-state index contributed by atoms with van der Waals surface area (Å²) in [5, 5.41) is 3.45. The van der Waals surface area contributed by atoms with Gasteiger partial charge in [-0.05, 0) is 58.8 Å². The Labute approximate surface area is 124 Å². The van der Waals surface area contributed by atoms with Gasteiger partial charge in [0.15, 0.2) is 0 Å². The predicted octanol–water partition coefficient (Wildman–Crippen LogP) is 4.97. The molecule has 0 radical (unpaired) electrons. The van der Waals surface area contributed by atoms with E-state index in [1.54, 1.807) is 0 Å². The van der Waals surface area contributed by atoms with Crippen LogP contribution in [-0.2, 0) is 6.54 Å². The number of anilines is 1. The normalized spacial score (nSPS) is 10.3. The minimum Gasteiger partial charge on any atom is -0.380 e. The van der Waals surface area contributed by atoms with Crippen molar-refractivity contribution in [1.29, 1.82) is 0 Å². The third kappa shape index (κ3) is 3.45. The van der Waals surface area contributed by atoms with Crippen LogP contribution in [0.5, 0.6) is 0 Å². The molecule has 17 heavy (non-hydrogen) atoms. The number of halogens is 2. The Kier molecular flexibility index (Phi) is 4.45. The second kappa shape index (κ2) is 5.87. The predicted molar refractivity (Wildman–Crippen MR) is 85.4 cm³/mol. The molecule has 0 fully saturated rings. The molecule has 3 heteroatoms. The van der Waals surface area contributed by atoms with Crippen LogP contribution < -0.4 is 5.32 Å². The molecule has 0 saturated carbocycles. The molecule has 0 heterocycles. The van der Waals surface area contributed by atoms with E-state index >= 15 is 0 Å². The topological polar surface area (TPSA) is 12.0 Å². The van der Waals surface area contributed by atoms with E-state index in [2.05, 4.69) is 93.2 Å². The maximum Gasteiger partial charge on any atom is 0.0478 e. The zero-order valence-corrected chi connectivity index (χ0v) is 13.2. The van der Waals surface area contributed by atoms with Gasteiger partial charge in [-0.25, -0.2) is 0 Å². The Morgan fingerprint density at radius 3 is 2.65 bits per heavy atom. The first-order chi connectivity index (χ1) is 8.16. The average Bonchev–Trinajstić information content (AvgIpc) is 2.32. The Morgan fingerprint density at radius 1 is 1.18 bits per heavy atom. The highest BCUT2D eigenvalue weighted by Crippen LogP contribution is 2.20. The van der Waals surface area contributed by atoms with Gasteiger partial charge in [0.2, 0.25) is 0 Å². The molecule has 0 aliphatic carbocycles. The lowest BCUT2D eigenvalue weighted by Gasteiger charge is -2.09. The fraction of sp³-hybridized carbons (Fsp3) is 0.143. The zero-order chi connectivity index (χ0) is 12.3. The fourth-order valence-electron chi connectivity index (χ4n) is 1.62. The van der Waals surface area contributed by atoms with Gasteiger partial charge < -0.3 is 5.32 Å². The number of benzene rings is 2. The molecule has 0 aliphatic heterocycles. The van der Waals surface area contributed by atoms with Gasteiger partial charge >= 0.3 is 0 Å². The Hall–Kier alpha value is -0.550. The monoisotopic (exact) mass is 401 g/mol. The Balaban J connectivity index is 2.08. The minimum atomic E-state index is 0.855. The van der Waals surface area contributed by atoms with E-state index in [9.17, 15) is 0 Å². The number of para-hydroxylation sites is 1. The van der Waals surface area contributed by atoms with Gasteiger partial charge in [0.05, 0.1) is 0 Å². The van der Waals surface area contributed by atoms with Crippen molar-refractivity contribution in [3.8, 4) is 0 Å². The summed E-state index contributed by atoms with van der Waals surface area (Å²) in [6.45, 7) is 2.97. The van der Waals surface area contributed by atoms with E-state index in [1.807, 2.05) is 0 Å². The first kappa shape index (κ1) is 12.9. The van der Waals surface area contributed by atoms with Crippen LogP contribution in [0.15, 0.2) is 46.9 Å². The second-order valence-electron chi connectivity index (χ2n) is 3.92. The van der Waals surface area contributed by atoms with Crippen molar-refractivity contribution in [1.82, 2.24) is 0 Å². The lowest BCUT2D eigenvalue weighted by Crippen LogP contribution is -2.01. The Morgan fingerprint density at radius 2 is 1.94 bits per heavy atom. The van der Waals surface area contributed by atoms with Crippen LogP contribution in [0.3, 0.4) is 0 Å². The van der Waals surface area contributed by atoms with Crippen LogP contribution >= 0.6 is 38.5 Å². The maximum atomic E-state index is 3.52. The van der Waals surface area contributed by atoms with Crippen molar-refractivity contribution in [3.05, 3.63) is 61.6 Å². The van der Waals surface area contributed by atoms with Gasteiger partial charge in [-0.15, -0.1) is 0 Å². The summed E-state index contributed by atoms with van der Waals surface area (Å²) in [4.78, 5) is 0. The molecule has 1 nitrogen and oxygen atoms in total. The van der Waals surface area contributed by atoms with Crippen LogP contribution in [0.2, 0.25) is 0 Å². The molecule has 2 aromatic rings. The van der Waals surface area contributed by atoms with Crippen molar-refractivity contribution >= 4 is 44.2 Å². The number of nitrogens with one attached hydrogen (secondary N) is 1. The standard InChI is InChI=1S/C14H13BrIN/c1-10-8-11(6-7-12(10)15)9-17-14-5-3-2-4-13(14)16/h2-8,17H,9H2,1H3. The highest BCUT2D eigenvalue weighted by Gasteiger charge is 2.00. The molecule has 0 saturated heterocycles. The van der Waals surface area contributed by atoms with E-state index in [0.717, 1.165) is 11.0 Å². The SMILES string of the molecule is Cc1cc(CNc2ccccc2I)ccc1Br. The number of hydrogen-bond donors (Lipinski definition) is 1. The summed E-state index contributed by atoms with van der Waals surface area (Å²) in [7, 11) is 0. The van der Waals surface area contributed by atoms with E-state index in [-0.39, 0.29) is 0 Å².